The van der Waals surface area contributed by atoms with Crippen LogP contribution in [-0.4, -0.2) is 13.2 Å². The smallest absolute Gasteiger partial charge is 0.175 e. The molecular formula is C24H22INO3. The summed E-state index contributed by atoms with van der Waals surface area (Å²) in [6.07, 6.45) is 5.31. The lowest BCUT2D eigenvalue weighted by atomic mass is 10.2. The first-order valence-electron chi connectivity index (χ1n) is 9.28. The van der Waals surface area contributed by atoms with Gasteiger partial charge in [0.1, 0.15) is 18.1 Å². The van der Waals surface area contributed by atoms with Crippen molar-refractivity contribution in [3.05, 3.63) is 75.9 Å². The third-order valence-electron chi connectivity index (χ3n) is 4.00. The fourth-order valence-corrected chi connectivity index (χ4v) is 3.53. The maximum atomic E-state index is 5.83. The van der Waals surface area contributed by atoms with Gasteiger partial charge >= 0.3 is 0 Å². The molecule has 4 nitrogen and oxygen atoms in total. The summed E-state index contributed by atoms with van der Waals surface area (Å²) in [5, 5.41) is 3.42. The summed E-state index contributed by atoms with van der Waals surface area (Å²) in [4.78, 5) is 0. The Hall–Kier alpha value is -2.85. The van der Waals surface area contributed by atoms with Crippen LogP contribution >= 0.6 is 22.6 Å². The zero-order chi connectivity index (χ0) is 20.5. The van der Waals surface area contributed by atoms with Gasteiger partial charge in [0, 0.05) is 12.2 Å². The average Bonchev–Trinajstić information content (AvgIpc) is 2.74. The largest absolute Gasteiger partial charge is 0.490 e. The molecule has 0 saturated heterocycles. The standard InChI is InChI=1S/C24H22INO3/c1-3-14-28-24-22(25)15-18(16-23(24)27-4-2)17-26-19-10-12-21(13-11-19)29-20-8-6-5-7-9-20/h1,5-13,15-16,26H,4,14,17H2,2H3. The number of para-hydroxylation sites is 1. The highest BCUT2D eigenvalue weighted by molar-refractivity contribution is 14.1. The molecule has 0 amide bonds. The molecule has 1 N–H and O–H groups in total. The van der Waals surface area contributed by atoms with Crippen LogP contribution in [0, 0.1) is 15.9 Å². The zero-order valence-electron chi connectivity index (χ0n) is 16.2. The summed E-state index contributed by atoms with van der Waals surface area (Å²) < 4.78 is 18.2. The van der Waals surface area contributed by atoms with Crippen LogP contribution < -0.4 is 19.5 Å². The van der Waals surface area contributed by atoms with Crippen molar-refractivity contribution in [1.29, 1.82) is 0 Å². The van der Waals surface area contributed by atoms with Crippen LogP contribution in [0.25, 0.3) is 0 Å². The molecule has 0 saturated carbocycles. The van der Waals surface area contributed by atoms with E-state index in [1.807, 2.05) is 67.6 Å². The number of terminal acetylenes is 1. The predicted octanol–water partition coefficient (Wildman–Crippen LogP) is 6.11. The lowest BCUT2D eigenvalue weighted by Crippen LogP contribution is -2.05. The van der Waals surface area contributed by atoms with Crippen LogP contribution in [-0.2, 0) is 6.54 Å². The first-order chi connectivity index (χ1) is 14.2. The number of rotatable bonds is 9. The van der Waals surface area contributed by atoms with Crippen molar-refractivity contribution >= 4 is 28.3 Å². The summed E-state index contributed by atoms with van der Waals surface area (Å²) in [5.41, 5.74) is 2.10. The molecule has 0 aliphatic heterocycles. The van der Waals surface area contributed by atoms with Gasteiger partial charge in [0.2, 0.25) is 0 Å². The second-order valence-electron chi connectivity index (χ2n) is 6.12. The van der Waals surface area contributed by atoms with Gasteiger partial charge in [0.15, 0.2) is 11.5 Å². The van der Waals surface area contributed by atoms with E-state index in [1.54, 1.807) is 0 Å². The molecule has 3 aromatic carbocycles. The summed E-state index contributed by atoms with van der Waals surface area (Å²) in [7, 11) is 0. The molecule has 148 valence electrons. The van der Waals surface area contributed by atoms with E-state index in [0.717, 1.165) is 26.3 Å². The number of halogens is 1. The molecule has 3 rings (SSSR count). The van der Waals surface area contributed by atoms with E-state index >= 15 is 0 Å². The Morgan fingerprint density at radius 1 is 0.966 bits per heavy atom. The Kier molecular flexibility index (Phi) is 7.65. The van der Waals surface area contributed by atoms with E-state index < -0.39 is 0 Å². The molecule has 0 atom stereocenters. The molecule has 0 aliphatic carbocycles. The topological polar surface area (TPSA) is 39.7 Å². The van der Waals surface area contributed by atoms with Gasteiger partial charge in [-0.2, -0.15) is 0 Å². The molecule has 0 heterocycles. The molecular weight excluding hydrogens is 477 g/mol. The van der Waals surface area contributed by atoms with Crippen LogP contribution in [0.4, 0.5) is 5.69 Å². The van der Waals surface area contributed by atoms with Crippen molar-refractivity contribution < 1.29 is 14.2 Å². The SMILES string of the molecule is C#CCOc1c(I)cc(CNc2ccc(Oc3ccccc3)cc2)cc1OCC. The fourth-order valence-electron chi connectivity index (χ4n) is 2.71. The molecule has 5 heteroatoms. The molecule has 29 heavy (non-hydrogen) atoms. The Balaban J connectivity index is 1.65. The molecule has 0 aliphatic rings. The van der Waals surface area contributed by atoms with E-state index in [1.165, 1.54) is 0 Å². The third-order valence-corrected chi connectivity index (χ3v) is 4.80. The van der Waals surface area contributed by atoms with Crippen molar-refractivity contribution in [2.45, 2.75) is 13.5 Å². The van der Waals surface area contributed by atoms with E-state index in [9.17, 15) is 0 Å². The molecule has 0 spiro atoms. The zero-order valence-corrected chi connectivity index (χ0v) is 18.3. The van der Waals surface area contributed by atoms with Gasteiger partial charge in [-0.25, -0.2) is 0 Å². The molecule has 0 fully saturated rings. The van der Waals surface area contributed by atoms with E-state index in [4.69, 9.17) is 20.6 Å². The minimum atomic E-state index is 0.213. The van der Waals surface area contributed by atoms with Crippen molar-refractivity contribution in [2.24, 2.45) is 0 Å². The molecule has 0 radical (unpaired) electrons. The summed E-state index contributed by atoms with van der Waals surface area (Å²) in [6, 6.07) is 21.7. The van der Waals surface area contributed by atoms with Crippen molar-refractivity contribution in [1.82, 2.24) is 0 Å². The van der Waals surface area contributed by atoms with Crippen LogP contribution in [0.2, 0.25) is 0 Å². The number of nitrogens with one attached hydrogen (secondary N) is 1. The van der Waals surface area contributed by atoms with Crippen LogP contribution in [0.3, 0.4) is 0 Å². The number of hydrogen-bond donors (Lipinski definition) is 1. The molecule has 3 aromatic rings. The van der Waals surface area contributed by atoms with Gasteiger partial charge in [-0.3, -0.25) is 0 Å². The van der Waals surface area contributed by atoms with Gasteiger partial charge in [0.25, 0.3) is 0 Å². The normalized spacial score (nSPS) is 10.1. The van der Waals surface area contributed by atoms with Crippen LogP contribution in [0.15, 0.2) is 66.7 Å². The second-order valence-corrected chi connectivity index (χ2v) is 7.29. The highest BCUT2D eigenvalue weighted by Gasteiger charge is 2.12. The van der Waals surface area contributed by atoms with Crippen LogP contribution in [0.5, 0.6) is 23.0 Å². The Bertz CT molecular complexity index is 966. The van der Waals surface area contributed by atoms with E-state index in [-0.39, 0.29) is 6.61 Å². The van der Waals surface area contributed by atoms with Crippen molar-refractivity contribution in [3.63, 3.8) is 0 Å². The summed E-state index contributed by atoms with van der Waals surface area (Å²) >= 11 is 2.24. The molecule has 0 bridgehead atoms. The molecule has 0 aromatic heterocycles. The maximum absolute atomic E-state index is 5.83. The van der Waals surface area contributed by atoms with E-state index in [0.29, 0.717) is 24.7 Å². The Labute approximate surface area is 185 Å². The van der Waals surface area contributed by atoms with Gasteiger partial charge in [0.05, 0.1) is 10.2 Å². The van der Waals surface area contributed by atoms with Gasteiger partial charge in [-0.05, 0) is 83.6 Å². The third kappa shape index (κ3) is 6.06. The number of benzene rings is 3. The van der Waals surface area contributed by atoms with Gasteiger partial charge < -0.3 is 19.5 Å². The first kappa shape index (κ1) is 20.9. The molecule has 0 unspecified atom stereocenters. The minimum Gasteiger partial charge on any atom is -0.490 e. The number of anilines is 1. The first-order valence-corrected chi connectivity index (χ1v) is 10.4. The van der Waals surface area contributed by atoms with Gasteiger partial charge in [-0.15, -0.1) is 6.42 Å². The fraction of sp³-hybridized carbons (Fsp3) is 0.167. The van der Waals surface area contributed by atoms with E-state index in [2.05, 4.69) is 39.9 Å². The van der Waals surface area contributed by atoms with Crippen LogP contribution in [0.1, 0.15) is 12.5 Å². The minimum absolute atomic E-state index is 0.213. The second kappa shape index (κ2) is 10.6. The monoisotopic (exact) mass is 499 g/mol. The summed E-state index contributed by atoms with van der Waals surface area (Å²) in [5.74, 6) is 5.50. The maximum Gasteiger partial charge on any atom is 0.175 e. The highest BCUT2D eigenvalue weighted by Crippen LogP contribution is 2.34. The quantitative estimate of drug-likeness (QED) is 0.285. The number of hydrogen-bond acceptors (Lipinski definition) is 4. The van der Waals surface area contributed by atoms with Gasteiger partial charge in [-0.1, -0.05) is 24.1 Å². The van der Waals surface area contributed by atoms with Crippen molar-refractivity contribution in [2.75, 3.05) is 18.5 Å². The predicted molar refractivity (Wildman–Crippen MR) is 125 cm³/mol. The summed E-state index contributed by atoms with van der Waals surface area (Å²) in [6.45, 7) is 3.37. The lowest BCUT2D eigenvalue weighted by molar-refractivity contribution is 0.297. The average molecular weight is 499 g/mol. The lowest BCUT2D eigenvalue weighted by Gasteiger charge is -2.15. The highest BCUT2D eigenvalue weighted by atomic mass is 127. The Morgan fingerprint density at radius 2 is 1.69 bits per heavy atom. The Morgan fingerprint density at radius 3 is 2.38 bits per heavy atom. The number of ether oxygens (including phenoxy) is 3. The van der Waals surface area contributed by atoms with Crippen molar-refractivity contribution in [3.8, 4) is 35.3 Å².